The van der Waals surface area contributed by atoms with E-state index in [0.717, 1.165) is 11.8 Å². The van der Waals surface area contributed by atoms with Crippen molar-refractivity contribution in [2.45, 2.75) is 59.2 Å². The summed E-state index contributed by atoms with van der Waals surface area (Å²) in [6.45, 7) is 8.00. The number of ether oxygens (including phenoxy) is 1. The molecular weight excluding hydrogens is 490 g/mol. The zero-order valence-electron chi connectivity index (χ0n) is 22.2. The van der Waals surface area contributed by atoms with Crippen LogP contribution in [0.25, 0.3) is 0 Å². The van der Waals surface area contributed by atoms with Crippen LogP contribution in [0.15, 0.2) is 58.4 Å². The number of allylic oxidation sites excluding steroid dienone is 2. The number of oxazole rings is 1. The van der Waals surface area contributed by atoms with E-state index >= 15 is 0 Å². The first-order valence-corrected chi connectivity index (χ1v) is 12.7. The number of hydrogen-bond donors (Lipinski definition) is 2. The number of nitrogens with one attached hydrogen (secondary N) is 1. The Morgan fingerprint density at radius 3 is 2.68 bits per heavy atom. The molecule has 38 heavy (non-hydrogen) atoms. The average molecular weight is 526 g/mol. The summed E-state index contributed by atoms with van der Waals surface area (Å²) in [6.07, 6.45) is 9.48. The minimum Gasteiger partial charge on any atom is -0.457 e. The van der Waals surface area contributed by atoms with Gasteiger partial charge in [0.25, 0.3) is 5.91 Å². The Kier molecular flexibility index (Phi) is 9.95. The fraction of sp³-hybridized carbons (Fsp3) is 0.464. The van der Waals surface area contributed by atoms with Crippen molar-refractivity contribution in [1.29, 1.82) is 0 Å². The molecule has 0 saturated carbocycles. The van der Waals surface area contributed by atoms with Gasteiger partial charge in [0.2, 0.25) is 11.8 Å². The zero-order valence-corrected chi connectivity index (χ0v) is 22.2. The Labute approximate surface area is 222 Å². The van der Waals surface area contributed by atoms with E-state index in [1.165, 1.54) is 11.0 Å². The van der Waals surface area contributed by atoms with Gasteiger partial charge >= 0.3 is 5.97 Å². The number of Topliss-reactive ketones (excluding diaryl/α,β-unsaturated/α-hetero) is 1. The number of rotatable bonds is 1. The van der Waals surface area contributed by atoms with E-state index in [1.807, 2.05) is 20.8 Å². The number of hydrogen-bond acceptors (Lipinski definition) is 8. The summed E-state index contributed by atoms with van der Waals surface area (Å²) in [5.74, 6) is -2.07. The quantitative estimate of drug-likeness (QED) is 0.534. The number of aromatic nitrogens is 1. The van der Waals surface area contributed by atoms with Crippen LogP contribution in [0.4, 0.5) is 0 Å². The second-order valence-corrected chi connectivity index (χ2v) is 9.84. The lowest BCUT2D eigenvalue weighted by molar-refractivity contribution is -0.149. The molecule has 0 spiro atoms. The van der Waals surface area contributed by atoms with Crippen LogP contribution in [0.1, 0.15) is 56.9 Å². The molecule has 10 nitrogen and oxygen atoms in total. The van der Waals surface area contributed by atoms with Gasteiger partial charge in [-0.25, -0.2) is 9.78 Å². The van der Waals surface area contributed by atoms with Gasteiger partial charge in [0.05, 0.1) is 12.5 Å². The first-order valence-electron chi connectivity index (χ1n) is 12.7. The van der Waals surface area contributed by atoms with Crippen LogP contribution >= 0.6 is 0 Å². The number of ketones is 1. The fourth-order valence-electron chi connectivity index (χ4n) is 4.33. The zero-order chi connectivity index (χ0) is 27.8. The summed E-state index contributed by atoms with van der Waals surface area (Å²) in [5, 5.41) is 13.0. The maximum absolute atomic E-state index is 13.1. The molecule has 3 atom stereocenters. The van der Waals surface area contributed by atoms with Crippen LogP contribution in [0.2, 0.25) is 0 Å². The van der Waals surface area contributed by atoms with Gasteiger partial charge in [-0.2, -0.15) is 0 Å². The summed E-state index contributed by atoms with van der Waals surface area (Å²) >= 11 is 0. The molecule has 0 aliphatic carbocycles. The Balaban J connectivity index is 1.86. The third kappa shape index (κ3) is 7.85. The molecule has 0 saturated heterocycles. The van der Waals surface area contributed by atoms with Gasteiger partial charge < -0.3 is 24.5 Å². The Morgan fingerprint density at radius 1 is 1.18 bits per heavy atom. The summed E-state index contributed by atoms with van der Waals surface area (Å²) in [5.41, 5.74) is 0.809. The highest BCUT2D eigenvalue weighted by molar-refractivity contribution is 6.00. The highest BCUT2D eigenvalue weighted by atomic mass is 16.5. The molecular formula is C28H35N3O7. The number of fused-ring (bicyclic) bond motifs is 3. The van der Waals surface area contributed by atoms with E-state index in [9.17, 15) is 24.3 Å². The number of esters is 1. The maximum Gasteiger partial charge on any atom is 0.355 e. The van der Waals surface area contributed by atoms with Crippen LogP contribution in [0, 0.1) is 11.8 Å². The van der Waals surface area contributed by atoms with Crippen molar-refractivity contribution in [3.05, 3.63) is 65.6 Å². The minimum absolute atomic E-state index is 0.0315. The molecule has 2 aliphatic heterocycles. The molecule has 2 aliphatic rings. The average Bonchev–Trinajstić information content (AvgIpc) is 3.52. The molecule has 1 aromatic heterocycles. The van der Waals surface area contributed by atoms with Gasteiger partial charge in [0.15, 0.2) is 5.69 Å². The van der Waals surface area contributed by atoms with Crippen molar-refractivity contribution in [2.75, 3.05) is 13.1 Å². The van der Waals surface area contributed by atoms with Crippen LogP contribution in [-0.4, -0.2) is 63.9 Å². The highest BCUT2D eigenvalue weighted by Crippen LogP contribution is 2.24. The second-order valence-electron chi connectivity index (χ2n) is 9.84. The predicted octanol–water partition coefficient (Wildman–Crippen LogP) is 2.66. The van der Waals surface area contributed by atoms with E-state index in [1.54, 1.807) is 37.3 Å². The van der Waals surface area contributed by atoms with Gasteiger partial charge in [-0.3, -0.25) is 14.4 Å². The van der Waals surface area contributed by atoms with Crippen LogP contribution in [-0.2, 0) is 25.5 Å². The molecule has 3 heterocycles. The molecule has 2 amide bonds. The maximum atomic E-state index is 13.1. The van der Waals surface area contributed by atoms with Gasteiger partial charge in [-0.15, -0.1) is 0 Å². The number of aliphatic hydroxyl groups is 1. The summed E-state index contributed by atoms with van der Waals surface area (Å²) in [4.78, 5) is 56.3. The van der Waals surface area contributed by atoms with Crippen LogP contribution < -0.4 is 5.32 Å². The van der Waals surface area contributed by atoms with Crippen molar-refractivity contribution in [3.63, 3.8) is 0 Å². The largest absolute Gasteiger partial charge is 0.457 e. The van der Waals surface area contributed by atoms with Gasteiger partial charge in [-0.1, -0.05) is 56.7 Å². The van der Waals surface area contributed by atoms with Crippen LogP contribution in [0.3, 0.4) is 0 Å². The summed E-state index contributed by atoms with van der Waals surface area (Å²) < 4.78 is 11.1. The number of carbonyl (C=O) groups excluding carboxylic acids is 4. The van der Waals surface area contributed by atoms with Gasteiger partial charge in [0.1, 0.15) is 23.8 Å². The molecule has 3 rings (SSSR count). The van der Waals surface area contributed by atoms with Crippen LogP contribution in [0.5, 0.6) is 0 Å². The van der Waals surface area contributed by atoms with Crippen molar-refractivity contribution in [1.82, 2.24) is 15.2 Å². The second kappa shape index (κ2) is 13.1. The number of amides is 2. The third-order valence-corrected chi connectivity index (χ3v) is 6.19. The van der Waals surface area contributed by atoms with Gasteiger partial charge in [-0.05, 0) is 25.3 Å². The Bertz CT molecular complexity index is 1170. The minimum atomic E-state index is -1.01. The topological polar surface area (TPSA) is 139 Å². The summed E-state index contributed by atoms with van der Waals surface area (Å²) in [6, 6.07) is 0. The molecule has 0 aromatic carbocycles. The standard InChI is InChI=1S/C28H35N3O7/c1-17(2)26-19(4)9-10-24(34)29-11-5-7-18(3)13-20(32)14-21(33)15-25-30-22(16-37-25)27(35)31-12-6-8-23(31)28(36)38-26/h5,7-10,13,16-17,19-20,26,32H,6,11-12,14-15H2,1-4H3,(H,29,34)/b7-5?,10-9+,18-13?. The van der Waals surface area contributed by atoms with E-state index in [2.05, 4.69) is 10.3 Å². The molecule has 3 unspecified atom stereocenters. The molecule has 204 valence electrons. The lowest BCUT2D eigenvalue weighted by atomic mass is 9.94. The lowest BCUT2D eigenvalue weighted by Gasteiger charge is -2.27. The fourth-order valence-corrected chi connectivity index (χ4v) is 4.33. The SMILES string of the molecule is CC1=CC(O)CC(=O)Cc2nc(co2)C(=O)N2CCC=C2C(=O)OC(C(C)C)C(C)/C=C/C(=O)NCC=C1. The highest BCUT2D eigenvalue weighted by Gasteiger charge is 2.33. The van der Waals surface area contributed by atoms with Crippen molar-refractivity contribution in [2.24, 2.45) is 11.8 Å². The van der Waals surface area contributed by atoms with Crippen molar-refractivity contribution >= 4 is 23.6 Å². The molecule has 1 aromatic rings. The Morgan fingerprint density at radius 2 is 1.95 bits per heavy atom. The summed E-state index contributed by atoms with van der Waals surface area (Å²) in [7, 11) is 0. The first kappa shape index (κ1) is 28.8. The number of cyclic esters (lactones) is 1. The van der Waals surface area contributed by atoms with Crippen molar-refractivity contribution < 1.29 is 33.4 Å². The van der Waals surface area contributed by atoms with E-state index in [4.69, 9.17) is 9.15 Å². The molecule has 0 fully saturated rings. The monoisotopic (exact) mass is 525 g/mol. The smallest absolute Gasteiger partial charge is 0.355 e. The number of carbonyl (C=O) groups is 4. The van der Waals surface area contributed by atoms with E-state index in [-0.39, 0.29) is 66.7 Å². The predicted molar refractivity (Wildman–Crippen MR) is 139 cm³/mol. The molecule has 2 N–H and O–H groups in total. The Hall–Kier alpha value is -3.79. The first-order chi connectivity index (χ1) is 18.0. The third-order valence-electron chi connectivity index (χ3n) is 6.19. The molecule has 10 heteroatoms. The van der Waals surface area contributed by atoms with Crippen molar-refractivity contribution in [3.8, 4) is 0 Å². The van der Waals surface area contributed by atoms with E-state index < -0.39 is 24.1 Å². The van der Waals surface area contributed by atoms with E-state index in [0.29, 0.717) is 6.42 Å². The van der Waals surface area contributed by atoms with Gasteiger partial charge in [0, 0.05) is 25.4 Å². The molecule has 2 bridgehead atoms. The lowest BCUT2D eigenvalue weighted by Crippen LogP contribution is -2.36. The normalized spacial score (nSPS) is 25.4. The number of aliphatic hydroxyl groups excluding tert-OH is 1. The number of nitrogens with zero attached hydrogens (tertiary/aromatic N) is 2. The molecule has 0 radical (unpaired) electrons.